The molecule has 0 aromatic heterocycles. The van der Waals surface area contributed by atoms with Crippen LogP contribution in [0.15, 0.2) is 53.0 Å². The first kappa shape index (κ1) is 14.7. The number of benzene rings is 2. The van der Waals surface area contributed by atoms with Gasteiger partial charge in [-0.2, -0.15) is 0 Å². The van der Waals surface area contributed by atoms with E-state index in [2.05, 4.69) is 15.9 Å². The van der Waals surface area contributed by atoms with Crippen molar-refractivity contribution in [3.63, 3.8) is 0 Å². The maximum Gasteiger partial charge on any atom is 0.310 e. The molecule has 0 fully saturated rings. The zero-order valence-corrected chi connectivity index (χ0v) is 12.3. The number of halogens is 2. The first-order valence-electron chi connectivity index (χ1n) is 6.29. The van der Waals surface area contributed by atoms with Crippen molar-refractivity contribution in [3.05, 3.63) is 69.9 Å². The number of carboxylic acids is 1. The smallest absolute Gasteiger partial charge is 0.310 e. The Hall–Kier alpha value is -1.68. The minimum absolute atomic E-state index is 0.301. The molecular formula is C16H14BrFO2. The molecule has 4 heteroatoms. The van der Waals surface area contributed by atoms with Gasteiger partial charge in [-0.15, -0.1) is 0 Å². The number of hydrogen-bond donors (Lipinski definition) is 1. The normalized spacial score (nSPS) is 12.1. The van der Waals surface area contributed by atoms with Gasteiger partial charge >= 0.3 is 5.97 Å². The van der Waals surface area contributed by atoms with E-state index in [4.69, 9.17) is 0 Å². The first-order valence-corrected chi connectivity index (χ1v) is 7.09. The third-order valence-electron chi connectivity index (χ3n) is 3.21. The van der Waals surface area contributed by atoms with E-state index in [-0.39, 0.29) is 5.82 Å². The lowest BCUT2D eigenvalue weighted by atomic mass is 9.92. The van der Waals surface area contributed by atoms with Gasteiger partial charge in [-0.05, 0) is 42.2 Å². The van der Waals surface area contributed by atoms with E-state index in [1.54, 1.807) is 24.3 Å². The average Bonchev–Trinajstić information content (AvgIpc) is 2.43. The fourth-order valence-electron chi connectivity index (χ4n) is 2.15. The second-order valence-corrected chi connectivity index (χ2v) is 5.49. The maximum absolute atomic E-state index is 13.7. The minimum atomic E-state index is -0.883. The van der Waals surface area contributed by atoms with Gasteiger partial charge in [-0.25, -0.2) is 4.39 Å². The lowest BCUT2D eigenvalue weighted by molar-refractivity contribution is -0.138. The van der Waals surface area contributed by atoms with Gasteiger partial charge in [0.2, 0.25) is 0 Å². The Bertz CT molecular complexity index is 599. The zero-order valence-electron chi connectivity index (χ0n) is 10.7. The Morgan fingerprint density at radius 2 is 1.90 bits per heavy atom. The average molecular weight is 337 g/mol. The van der Waals surface area contributed by atoms with Crippen LogP contribution in [0, 0.1) is 5.82 Å². The van der Waals surface area contributed by atoms with Gasteiger partial charge in [-0.1, -0.05) is 46.3 Å². The molecule has 0 saturated heterocycles. The Morgan fingerprint density at radius 3 is 2.55 bits per heavy atom. The summed E-state index contributed by atoms with van der Waals surface area (Å²) in [5.41, 5.74) is 1.27. The van der Waals surface area contributed by atoms with E-state index in [0.29, 0.717) is 18.4 Å². The fourth-order valence-corrected chi connectivity index (χ4v) is 2.56. The molecule has 104 valence electrons. The summed E-state index contributed by atoms with van der Waals surface area (Å²) in [6.45, 7) is 0. The Labute approximate surface area is 125 Å². The Balaban J connectivity index is 2.14. The number of carboxylic acid groups (broad SMARTS) is 1. The van der Waals surface area contributed by atoms with E-state index in [0.717, 1.165) is 10.0 Å². The number of aryl methyl sites for hydroxylation is 1. The van der Waals surface area contributed by atoms with E-state index in [9.17, 15) is 14.3 Å². The zero-order chi connectivity index (χ0) is 14.5. The summed E-state index contributed by atoms with van der Waals surface area (Å²) in [6, 6.07) is 13.8. The Kier molecular flexibility index (Phi) is 4.90. The molecule has 0 heterocycles. The SMILES string of the molecule is O=C(O)C(CCc1cc(Br)ccc1F)c1ccccc1. The molecule has 0 saturated carbocycles. The van der Waals surface area contributed by atoms with Crippen LogP contribution in [0.4, 0.5) is 4.39 Å². The lowest BCUT2D eigenvalue weighted by Gasteiger charge is -2.13. The van der Waals surface area contributed by atoms with Crippen LogP contribution in [0.5, 0.6) is 0 Å². The molecule has 0 amide bonds. The summed E-state index contributed by atoms with van der Waals surface area (Å²) < 4.78 is 14.4. The predicted molar refractivity (Wildman–Crippen MR) is 79.2 cm³/mol. The number of carbonyl (C=O) groups is 1. The number of rotatable bonds is 5. The van der Waals surface area contributed by atoms with E-state index in [1.807, 2.05) is 18.2 Å². The number of hydrogen-bond acceptors (Lipinski definition) is 1. The molecule has 0 aliphatic heterocycles. The standard InChI is InChI=1S/C16H14BrFO2/c17-13-7-9-15(18)12(10-13)6-8-14(16(19)20)11-4-2-1-3-5-11/h1-5,7,9-10,14H,6,8H2,(H,19,20). The van der Waals surface area contributed by atoms with Crippen LogP contribution in [-0.4, -0.2) is 11.1 Å². The van der Waals surface area contributed by atoms with Crippen LogP contribution in [-0.2, 0) is 11.2 Å². The van der Waals surface area contributed by atoms with Crippen molar-refractivity contribution < 1.29 is 14.3 Å². The second-order valence-electron chi connectivity index (χ2n) is 4.58. The lowest BCUT2D eigenvalue weighted by Crippen LogP contribution is -2.13. The van der Waals surface area contributed by atoms with Crippen molar-refractivity contribution in [3.8, 4) is 0 Å². The molecule has 1 unspecified atom stereocenters. The molecule has 0 spiro atoms. The quantitative estimate of drug-likeness (QED) is 0.879. The number of aliphatic carboxylic acids is 1. The van der Waals surface area contributed by atoms with Crippen LogP contribution in [0.1, 0.15) is 23.5 Å². The topological polar surface area (TPSA) is 37.3 Å². The molecule has 0 bridgehead atoms. The highest BCUT2D eigenvalue weighted by molar-refractivity contribution is 9.10. The van der Waals surface area contributed by atoms with Crippen LogP contribution in [0.2, 0.25) is 0 Å². The minimum Gasteiger partial charge on any atom is -0.481 e. The molecule has 2 aromatic carbocycles. The highest BCUT2D eigenvalue weighted by Gasteiger charge is 2.20. The molecule has 0 radical (unpaired) electrons. The summed E-state index contributed by atoms with van der Waals surface area (Å²) in [6.07, 6.45) is 0.754. The van der Waals surface area contributed by atoms with Gasteiger partial charge in [0, 0.05) is 4.47 Å². The van der Waals surface area contributed by atoms with Gasteiger partial charge in [0.05, 0.1) is 5.92 Å². The highest BCUT2D eigenvalue weighted by Crippen LogP contribution is 2.24. The van der Waals surface area contributed by atoms with Crippen LogP contribution in [0.25, 0.3) is 0 Å². The molecule has 2 aromatic rings. The van der Waals surface area contributed by atoms with Crippen molar-refractivity contribution in [2.75, 3.05) is 0 Å². The van der Waals surface area contributed by atoms with Gasteiger partial charge in [0.1, 0.15) is 5.82 Å². The van der Waals surface area contributed by atoms with Gasteiger partial charge in [-0.3, -0.25) is 4.79 Å². The van der Waals surface area contributed by atoms with E-state index >= 15 is 0 Å². The van der Waals surface area contributed by atoms with E-state index < -0.39 is 11.9 Å². The maximum atomic E-state index is 13.7. The van der Waals surface area contributed by atoms with Crippen molar-refractivity contribution in [1.82, 2.24) is 0 Å². The summed E-state index contributed by atoms with van der Waals surface area (Å²) in [5.74, 6) is -1.80. The van der Waals surface area contributed by atoms with Crippen molar-refractivity contribution >= 4 is 21.9 Å². The van der Waals surface area contributed by atoms with Crippen LogP contribution < -0.4 is 0 Å². The fraction of sp³-hybridized carbons (Fsp3) is 0.188. The van der Waals surface area contributed by atoms with Crippen LogP contribution in [0.3, 0.4) is 0 Å². The molecule has 0 aliphatic rings. The summed E-state index contributed by atoms with van der Waals surface area (Å²) in [5, 5.41) is 9.33. The predicted octanol–water partition coefficient (Wildman–Crippen LogP) is 4.39. The van der Waals surface area contributed by atoms with Crippen molar-refractivity contribution in [2.24, 2.45) is 0 Å². The Morgan fingerprint density at radius 1 is 1.20 bits per heavy atom. The molecule has 1 atom stereocenters. The molecule has 0 aliphatic carbocycles. The molecular weight excluding hydrogens is 323 g/mol. The summed E-state index contributed by atoms with van der Waals surface area (Å²) >= 11 is 3.29. The van der Waals surface area contributed by atoms with Gasteiger partial charge < -0.3 is 5.11 Å². The molecule has 1 N–H and O–H groups in total. The first-order chi connectivity index (χ1) is 9.58. The third-order valence-corrected chi connectivity index (χ3v) is 3.70. The summed E-state index contributed by atoms with van der Waals surface area (Å²) in [4.78, 5) is 11.4. The van der Waals surface area contributed by atoms with Crippen LogP contribution >= 0.6 is 15.9 Å². The van der Waals surface area contributed by atoms with E-state index in [1.165, 1.54) is 6.07 Å². The van der Waals surface area contributed by atoms with Gasteiger partial charge in [0.25, 0.3) is 0 Å². The largest absolute Gasteiger partial charge is 0.481 e. The summed E-state index contributed by atoms with van der Waals surface area (Å²) in [7, 11) is 0. The van der Waals surface area contributed by atoms with Crippen molar-refractivity contribution in [2.45, 2.75) is 18.8 Å². The molecule has 2 rings (SSSR count). The van der Waals surface area contributed by atoms with Crippen molar-refractivity contribution in [1.29, 1.82) is 0 Å². The monoisotopic (exact) mass is 336 g/mol. The van der Waals surface area contributed by atoms with Gasteiger partial charge in [0.15, 0.2) is 0 Å². The third kappa shape index (κ3) is 3.67. The second kappa shape index (κ2) is 6.66. The highest BCUT2D eigenvalue weighted by atomic mass is 79.9. The molecule has 20 heavy (non-hydrogen) atoms. The molecule has 2 nitrogen and oxygen atoms in total.